The number of amides is 1. The van der Waals surface area contributed by atoms with Crippen molar-refractivity contribution in [1.29, 1.82) is 0 Å². The molecule has 31 heavy (non-hydrogen) atoms. The Hall–Kier alpha value is -3.86. The van der Waals surface area contributed by atoms with Crippen molar-refractivity contribution in [3.63, 3.8) is 0 Å². The molecule has 1 unspecified atom stereocenters. The number of para-hydroxylation sites is 1. The topological polar surface area (TPSA) is 66.8 Å². The fourth-order valence-electron chi connectivity index (χ4n) is 4.12. The summed E-state index contributed by atoms with van der Waals surface area (Å²) in [6.07, 6.45) is 0. The first-order valence-corrected chi connectivity index (χ1v) is 10.00. The summed E-state index contributed by atoms with van der Waals surface area (Å²) in [5.74, 6) is -1.23. The van der Waals surface area contributed by atoms with Gasteiger partial charge in [-0.1, -0.05) is 48.5 Å². The monoisotopic (exact) mass is 413 g/mol. The molecule has 0 radical (unpaired) electrons. The zero-order valence-electron chi connectivity index (χ0n) is 17.6. The number of aliphatic hydroxyl groups excluding tert-OH is 1. The number of benzene rings is 3. The number of ketones is 1. The lowest BCUT2D eigenvalue weighted by molar-refractivity contribution is -0.132. The van der Waals surface area contributed by atoms with Gasteiger partial charge in [0.15, 0.2) is 0 Å². The lowest BCUT2D eigenvalue weighted by Gasteiger charge is -2.26. The van der Waals surface area contributed by atoms with Crippen molar-refractivity contribution in [2.24, 2.45) is 0 Å². The van der Waals surface area contributed by atoms with Crippen LogP contribution >= 0.6 is 0 Å². The van der Waals surface area contributed by atoms with Crippen LogP contribution in [0.5, 0.6) is 5.75 Å². The fourth-order valence-corrected chi connectivity index (χ4v) is 4.12. The number of aryl methyl sites for hydroxylation is 2. The highest BCUT2D eigenvalue weighted by Gasteiger charge is 2.47. The lowest BCUT2D eigenvalue weighted by Crippen LogP contribution is -2.29. The lowest BCUT2D eigenvalue weighted by atomic mass is 9.94. The second kappa shape index (κ2) is 8.11. The second-order valence-corrected chi connectivity index (χ2v) is 7.63. The van der Waals surface area contributed by atoms with Gasteiger partial charge in [0.2, 0.25) is 0 Å². The first kappa shape index (κ1) is 20.4. The third-order valence-electron chi connectivity index (χ3n) is 5.41. The van der Waals surface area contributed by atoms with Crippen molar-refractivity contribution < 1.29 is 19.4 Å². The van der Waals surface area contributed by atoms with Crippen molar-refractivity contribution in [2.45, 2.75) is 19.9 Å². The first-order chi connectivity index (χ1) is 14.9. The van der Waals surface area contributed by atoms with Gasteiger partial charge in [-0.05, 0) is 54.8 Å². The van der Waals surface area contributed by atoms with Crippen LogP contribution in [-0.4, -0.2) is 23.9 Å². The molecule has 4 rings (SSSR count). The molecule has 5 nitrogen and oxygen atoms in total. The maximum Gasteiger partial charge on any atom is 0.300 e. The van der Waals surface area contributed by atoms with Gasteiger partial charge in [0.25, 0.3) is 11.7 Å². The van der Waals surface area contributed by atoms with Crippen LogP contribution in [0, 0.1) is 13.8 Å². The molecule has 1 aliphatic rings. The molecular weight excluding hydrogens is 390 g/mol. The average molecular weight is 413 g/mol. The predicted molar refractivity (Wildman–Crippen MR) is 120 cm³/mol. The summed E-state index contributed by atoms with van der Waals surface area (Å²) >= 11 is 0. The molecule has 1 atom stereocenters. The number of rotatable bonds is 4. The number of hydrogen-bond donors (Lipinski definition) is 1. The molecule has 1 saturated heterocycles. The molecule has 1 aliphatic heterocycles. The maximum absolute atomic E-state index is 13.2. The normalized spacial score (nSPS) is 17.8. The number of Topliss-reactive ketones (excluding diaryl/α,β-unsaturated/α-hetero) is 1. The Balaban J connectivity index is 1.98. The minimum atomic E-state index is -0.757. The van der Waals surface area contributed by atoms with E-state index in [1.54, 1.807) is 24.3 Å². The number of methoxy groups -OCH3 is 1. The molecule has 0 aliphatic carbocycles. The molecule has 1 heterocycles. The van der Waals surface area contributed by atoms with Gasteiger partial charge in [-0.2, -0.15) is 0 Å². The Kier molecular flexibility index (Phi) is 5.34. The maximum atomic E-state index is 13.2. The summed E-state index contributed by atoms with van der Waals surface area (Å²) in [5.41, 5.74) is 3.72. The van der Waals surface area contributed by atoms with Gasteiger partial charge in [-0.15, -0.1) is 0 Å². The highest BCUT2D eigenvalue weighted by atomic mass is 16.5. The van der Waals surface area contributed by atoms with Crippen LogP contribution in [0.2, 0.25) is 0 Å². The van der Waals surface area contributed by atoms with Crippen LogP contribution in [0.25, 0.3) is 5.76 Å². The van der Waals surface area contributed by atoms with E-state index < -0.39 is 17.7 Å². The number of nitrogens with zero attached hydrogens (tertiary/aromatic N) is 1. The quantitative estimate of drug-likeness (QED) is 0.374. The zero-order valence-corrected chi connectivity index (χ0v) is 17.6. The van der Waals surface area contributed by atoms with Crippen molar-refractivity contribution in [1.82, 2.24) is 0 Å². The number of anilines is 1. The molecular formula is C26H23NO4. The molecule has 156 valence electrons. The summed E-state index contributed by atoms with van der Waals surface area (Å²) < 4.78 is 5.37. The third kappa shape index (κ3) is 3.59. The van der Waals surface area contributed by atoms with Crippen molar-refractivity contribution in [3.05, 3.63) is 101 Å². The number of ether oxygens (including phenoxy) is 1. The van der Waals surface area contributed by atoms with Crippen LogP contribution in [0.1, 0.15) is 28.3 Å². The molecule has 0 spiro atoms. The van der Waals surface area contributed by atoms with Crippen molar-refractivity contribution in [3.8, 4) is 5.75 Å². The molecule has 1 fully saturated rings. The number of carbonyl (C=O) groups is 2. The highest BCUT2D eigenvalue weighted by Crippen LogP contribution is 2.43. The largest absolute Gasteiger partial charge is 0.507 e. The van der Waals surface area contributed by atoms with E-state index in [2.05, 4.69) is 0 Å². The van der Waals surface area contributed by atoms with Crippen molar-refractivity contribution >= 4 is 23.1 Å². The van der Waals surface area contributed by atoms with Crippen LogP contribution in [0.3, 0.4) is 0 Å². The summed E-state index contributed by atoms with van der Waals surface area (Å²) in [7, 11) is 1.49. The zero-order chi connectivity index (χ0) is 22.1. The highest BCUT2D eigenvalue weighted by molar-refractivity contribution is 6.51. The van der Waals surface area contributed by atoms with Crippen LogP contribution < -0.4 is 9.64 Å². The second-order valence-electron chi connectivity index (χ2n) is 7.63. The summed E-state index contributed by atoms with van der Waals surface area (Å²) in [5, 5.41) is 11.2. The summed E-state index contributed by atoms with van der Waals surface area (Å²) in [6, 6.07) is 21.1. The van der Waals surface area contributed by atoms with E-state index in [0.717, 1.165) is 16.7 Å². The van der Waals surface area contributed by atoms with Gasteiger partial charge < -0.3 is 9.84 Å². The van der Waals surface area contributed by atoms with E-state index in [4.69, 9.17) is 4.74 Å². The smallest absolute Gasteiger partial charge is 0.300 e. The standard InChI is InChI=1S/C26H23NO4/c1-16-13-17(2)15-19(14-16)27-23(18-9-5-4-6-10-18)22(25(29)26(27)30)24(28)20-11-7-8-12-21(20)31-3/h4-15,23,28H,1-3H3/b24-22+. The Bertz CT molecular complexity index is 1180. The molecule has 0 aromatic heterocycles. The van der Waals surface area contributed by atoms with Gasteiger partial charge in [0, 0.05) is 5.69 Å². The van der Waals surface area contributed by atoms with E-state index in [9.17, 15) is 14.7 Å². The Morgan fingerprint density at radius 1 is 0.903 bits per heavy atom. The van der Waals surface area contributed by atoms with E-state index in [1.807, 2.05) is 62.4 Å². The van der Waals surface area contributed by atoms with Gasteiger partial charge >= 0.3 is 0 Å². The van der Waals surface area contributed by atoms with E-state index in [1.165, 1.54) is 12.0 Å². The van der Waals surface area contributed by atoms with Gasteiger partial charge in [-0.25, -0.2) is 0 Å². The van der Waals surface area contributed by atoms with E-state index >= 15 is 0 Å². The Morgan fingerprint density at radius 3 is 2.16 bits per heavy atom. The average Bonchev–Trinajstić information content (AvgIpc) is 3.04. The molecule has 3 aromatic rings. The Labute approximate surface area is 181 Å². The molecule has 3 aromatic carbocycles. The summed E-state index contributed by atoms with van der Waals surface area (Å²) in [6.45, 7) is 3.89. The van der Waals surface area contributed by atoms with E-state index in [-0.39, 0.29) is 11.3 Å². The van der Waals surface area contributed by atoms with Crippen LogP contribution in [-0.2, 0) is 9.59 Å². The van der Waals surface area contributed by atoms with Gasteiger partial charge in [0.1, 0.15) is 11.5 Å². The van der Waals surface area contributed by atoms with Gasteiger partial charge in [-0.3, -0.25) is 14.5 Å². The van der Waals surface area contributed by atoms with Crippen LogP contribution in [0.4, 0.5) is 5.69 Å². The summed E-state index contributed by atoms with van der Waals surface area (Å²) in [4.78, 5) is 27.9. The van der Waals surface area contributed by atoms with Crippen LogP contribution in [0.15, 0.2) is 78.4 Å². The minimum absolute atomic E-state index is 0.0415. The SMILES string of the molecule is COc1ccccc1/C(O)=C1\C(=O)C(=O)N(c2cc(C)cc(C)c2)C1c1ccccc1. The Morgan fingerprint density at radius 2 is 1.52 bits per heavy atom. The molecule has 1 amide bonds. The molecule has 0 saturated carbocycles. The minimum Gasteiger partial charge on any atom is -0.507 e. The fraction of sp³-hybridized carbons (Fsp3) is 0.154. The van der Waals surface area contributed by atoms with Crippen molar-refractivity contribution in [2.75, 3.05) is 12.0 Å². The number of carbonyl (C=O) groups excluding carboxylic acids is 2. The number of aliphatic hydroxyl groups is 1. The number of hydrogen-bond acceptors (Lipinski definition) is 4. The van der Waals surface area contributed by atoms with Gasteiger partial charge in [0.05, 0.1) is 24.3 Å². The third-order valence-corrected chi connectivity index (χ3v) is 5.41. The first-order valence-electron chi connectivity index (χ1n) is 10.00. The molecule has 0 bridgehead atoms. The predicted octanol–water partition coefficient (Wildman–Crippen LogP) is 4.94. The molecule has 5 heteroatoms. The van der Waals surface area contributed by atoms with E-state index in [0.29, 0.717) is 17.0 Å². The molecule has 1 N–H and O–H groups in total.